The van der Waals surface area contributed by atoms with Gasteiger partial charge in [-0.2, -0.15) is 0 Å². The van der Waals surface area contributed by atoms with Gasteiger partial charge in [0.05, 0.1) is 11.3 Å². The zero-order chi connectivity index (χ0) is 18.5. The van der Waals surface area contributed by atoms with Crippen LogP contribution in [0.15, 0.2) is 53.1 Å². The molecule has 5 heteroatoms. The van der Waals surface area contributed by atoms with Crippen LogP contribution in [0.2, 0.25) is 5.02 Å². The molecule has 0 radical (unpaired) electrons. The molecule has 0 saturated heterocycles. The topological polar surface area (TPSA) is 47.3 Å². The Hall–Kier alpha value is -2.30. The minimum Gasteiger partial charge on any atom is -0.489 e. The maximum atomic E-state index is 6.25. The molecule has 0 amide bonds. The third kappa shape index (κ3) is 4.45. The molecule has 4 nitrogen and oxygen atoms in total. The maximum absolute atomic E-state index is 6.25. The normalized spacial score (nSPS) is 12.2. The van der Waals surface area contributed by atoms with Crippen LogP contribution in [-0.4, -0.2) is 5.16 Å². The van der Waals surface area contributed by atoms with Gasteiger partial charge in [0.25, 0.3) is 0 Å². The van der Waals surface area contributed by atoms with Crippen molar-refractivity contribution in [3.63, 3.8) is 0 Å². The lowest BCUT2D eigenvalue weighted by atomic mass is 10.1. The van der Waals surface area contributed by atoms with E-state index in [0.29, 0.717) is 6.61 Å². The Morgan fingerprint density at radius 2 is 1.85 bits per heavy atom. The fourth-order valence-electron chi connectivity index (χ4n) is 2.77. The maximum Gasteiger partial charge on any atom is 0.140 e. The van der Waals surface area contributed by atoms with Crippen molar-refractivity contribution in [2.75, 3.05) is 0 Å². The van der Waals surface area contributed by atoms with Gasteiger partial charge in [0.15, 0.2) is 0 Å². The molecule has 1 heterocycles. The first kappa shape index (κ1) is 18.5. The predicted molar refractivity (Wildman–Crippen MR) is 103 cm³/mol. The molecule has 3 rings (SSSR count). The third-order valence-electron chi connectivity index (χ3n) is 4.47. The van der Waals surface area contributed by atoms with Crippen molar-refractivity contribution in [3.05, 3.63) is 81.7 Å². The quantitative estimate of drug-likeness (QED) is 0.607. The lowest BCUT2D eigenvalue weighted by molar-refractivity contribution is 0.301. The van der Waals surface area contributed by atoms with Crippen LogP contribution in [0, 0.1) is 13.8 Å². The van der Waals surface area contributed by atoms with Gasteiger partial charge in [-0.1, -0.05) is 47.1 Å². The molecule has 0 saturated carbocycles. The minimum atomic E-state index is 0.180. The Labute approximate surface area is 159 Å². The average Bonchev–Trinajstić information content (AvgIpc) is 2.97. The zero-order valence-corrected chi connectivity index (χ0v) is 16.0. The fourth-order valence-corrected chi connectivity index (χ4v) is 3.07. The van der Waals surface area contributed by atoms with Crippen molar-refractivity contribution in [2.45, 2.75) is 40.0 Å². The molecular weight excluding hydrogens is 348 g/mol. The van der Waals surface area contributed by atoms with Crippen molar-refractivity contribution >= 4 is 11.6 Å². The van der Waals surface area contributed by atoms with E-state index < -0.39 is 0 Å². The van der Waals surface area contributed by atoms with Crippen molar-refractivity contribution in [2.24, 2.45) is 0 Å². The van der Waals surface area contributed by atoms with Crippen LogP contribution in [-0.2, 0) is 13.2 Å². The molecule has 0 unspecified atom stereocenters. The van der Waals surface area contributed by atoms with Crippen molar-refractivity contribution < 1.29 is 9.26 Å². The predicted octanol–water partition coefficient (Wildman–Crippen LogP) is 5.37. The Bertz CT molecular complexity index is 839. The zero-order valence-electron chi connectivity index (χ0n) is 15.3. The SMILES string of the molecule is Cc1noc(C)c1COc1ccc(CN[C@@H](C)c2ccccc2Cl)cc1. The van der Waals surface area contributed by atoms with Gasteiger partial charge in [-0.05, 0) is 50.1 Å². The standard InChI is InChI=1S/C21H23ClN2O2/c1-14(19-6-4-5-7-21(19)22)23-12-17-8-10-18(11-9-17)25-13-20-15(2)24-26-16(20)3/h4-11,14,23H,12-13H2,1-3H3/t14-/m0/s1. The number of nitrogens with zero attached hydrogens (tertiary/aromatic N) is 1. The van der Waals surface area contributed by atoms with E-state index in [1.54, 1.807) is 0 Å². The number of rotatable bonds is 7. The summed E-state index contributed by atoms with van der Waals surface area (Å²) in [5, 5.41) is 8.23. The minimum absolute atomic E-state index is 0.180. The third-order valence-corrected chi connectivity index (χ3v) is 4.82. The van der Waals surface area contributed by atoms with E-state index in [1.165, 1.54) is 5.56 Å². The average molecular weight is 371 g/mol. The van der Waals surface area contributed by atoms with Crippen molar-refractivity contribution in [1.82, 2.24) is 10.5 Å². The van der Waals surface area contributed by atoms with E-state index in [4.69, 9.17) is 20.9 Å². The summed E-state index contributed by atoms with van der Waals surface area (Å²) in [6.07, 6.45) is 0. The number of halogens is 1. The monoisotopic (exact) mass is 370 g/mol. The lowest BCUT2D eigenvalue weighted by Crippen LogP contribution is -2.18. The number of aromatic nitrogens is 1. The number of benzene rings is 2. The second kappa shape index (κ2) is 8.39. The van der Waals surface area contributed by atoms with E-state index in [2.05, 4.69) is 29.5 Å². The Morgan fingerprint density at radius 3 is 2.50 bits per heavy atom. The van der Waals surface area contributed by atoms with Crippen LogP contribution in [0.1, 0.15) is 41.1 Å². The molecule has 2 aromatic carbocycles. The van der Waals surface area contributed by atoms with Crippen LogP contribution in [0.4, 0.5) is 0 Å². The smallest absolute Gasteiger partial charge is 0.140 e. The number of hydrogen-bond donors (Lipinski definition) is 1. The van der Waals surface area contributed by atoms with Gasteiger partial charge in [0.2, 0.25) is 0 Å². The summed E-state index contributed by atoms with van der Waals surface area (Å²) >= 11 is 6.25. The number of aryl methyl sites for hydroxylation is 2. The summed E-state index contributed by atoms with van der Waals surface area (Å²) in [6, 6.07) is 16.2. The molecule has 0 spiro atoms. The molecule has 1 aromatic heterocycles. The largest absolute Gasteiger partial charge is 0.489 e. The first-order valence-electron chi connectivity index (χ1n) is 8.66. The van der Waals surface area contributed by atoms with Crippen LogP contribution in [0.25, 0.3) is 0 Å². The summed E-state index contributed by atoms with van der Waals surface area (Å²) < 4.78 is 11.0. The van der Waals surface area contributed by atoms with Crippen LogP contribution in [0.5, 0.6) is 5.75 Å². The summed E-state index contributed by atoms with van der Waals surface area (Å²) in [6.45, 7) is 7.15. The lowest BCUT2D eigenvalue weighted by Gasteiger charge is -2.16. The Morgan fingerprint density at radius 1 is 1.12 bits per heavy atom. The summed E-state index contributed by atoms with van der Waals surface area (Å²) in [4.78, 5) is 0. The summed E-state index contributed by atoms with van der Waals surface area (Å²) in [7, 11) is 0. The molecule has 0 aliphatic heterocycles. The van der Waals surface area contributed by atoms with Gasteiger partial charge >= 0.3 is 0 Å². The molecule has 1 atom stereocenters. The molecule has 0 fully saturated rings. The Kier molecular flexibility index (Phi) is 5.96. The van der Waals surface area contributed by atoms with Crippen molar-refractivity contribution in [1.29, 1.82) is 0 Å². The molecule has 0 aliphatic carbocycles. The second-order valence-corrected chi connectivity index (χ2v) is 6.77. The highest BCUT2D eigenvalue weighted by atomic mass is 35.5. The summed E-state index contributed by atoms with van der Waals surface area (Å²) in [5.41, 5.74) is 4.17. The molecule has 26 heavy (non-hydrogen) atoms. The van der Waals surface area contributed by atoms with E-state index in [1.807, 2.05) is 50.2 Å². The van der Waals surface area contributed by atoms with Crippen LogP contribution >= 0.6 is 11.6 Å². The highest BCUT2D eigenvalue weighted by molar-refractivity contribution is 6.31. The van der Waals surface area contributed by atoms with Gasteiger partial charge in [0, 0.05) is 17.6 Å². The van der Waals surface area contributed by atoms with Crippen LogP contribution < -0.4 is 10.1 Å². The van der Waals surface area contributed by atoms with Crippen molar-refractivity contribution in [3.8, 4) is 5.75 Å². The first-order chi connectivity index (χ1) is 12.5. The molecule has 136 valence electrons. The second-order valence-electron chi connectivity index (χ2n) is 6.36. The molecule has 1 N–H and O–H groups in total. The van der Waals surface area contributed by atoms with E-state index >= 15 is 0 Å². The molecular formula is C21H23ClN2O2. The molecule has 0 aliphatic rings. The number of ether oxygens (including phenoxy) is 1. The fraction of sp³-hybridized carbons (Fsp3) is 0.286. The Balaban J connectivity index is 1.54. The van der Waals surface area contributed by atoms with Gasteiger partial charge in [-0.3, -0.25) is 0 Å². The van der Waals surface area contributed by atoms with Crippen LogP contribution in [0.3, 0.4) is 0 Å². The first-order valence-corrected chi connectivity index (χ1v) is 9.03. The van der Waals surface area contributed by atoms with Gasteiger partial charge in [0.1, 0.15) is 18.1 Å². The highest BCUT2D eigenvalue weighted by Gasteiger charge is 2.10. The van der Waals surface area contributed by atoms with E-state index in [9.17, 15) is 0 Å². The van der Waals surface area contributed by atoms with E-state index in [-0.39, 0.29) is 6.04 Å². The van der Waals surface area contributed by atoms with E-state index in [0.717, 1.165) is 39.9 Å². The summed E-state index contributed by atoms with van der Waals surface area (Å²) in [5.74, 6) is 1.63. The molecule has 3 aromatic rings. The van der Waals surface area contributed by atoms with Gasteiger partial charge in [-0.25, -0.2) is 0 Å². The molecule has 0 bridgehead atoms. The highest BCUT2D eigenvalue weighted by Crippen LogP contribution is 2.23. The van der Waals surface area contributed by atoms with Gasteiger partial charge < -0.3 is 14.6 Å². The van der Waals surface area contributed by atoms with Gasteiger partial charge in [-0.15, -0.1) is 0 Å². The number of nitrogens with one attached hydrogen (secondary N) is 1. The number of hydrogen-bond acceptors (Lipinski definition) is 4.